The summed E-state index contributed by atoms with van der Waals surface area (Å²) in [5.74, 6) is 1.68. The fourth-order valence-electron chi connectivity index (χ4n) is 4.21. The van der Waals surface area contributed by atoms with Crippen molar-refractivity contribution in [2.24, 2.45) is 0 Å². The van der Waals surface area contributed by atoms with Crippen molar-refractivity contribution in [2.45, 2.75) is 65.6 Å². The van der Waals surface area contributed by atoms with Gasteiger partial charge in [0.2, 0.25) is 5.91 Å². The summed E-state index contributed by atoms with van der Waals surface area (Å²) in [6, 6.07) is 7.54. The molecule has 1 atom stereocenters. The first-order chi connectivity index (χ1) is 15.4. The number of carbonyl (C=O) groups is 1. The van der Waals surface area contributed by atoms with Crippen molar-refractivity contribution >= 4 is 23.6 Å². The van der Waals surface area contributed by atoms with Gasteiger partial charge in [0, 0.05) is 35.3 Å². The molecule has 1 aromatic carbocycles. The summed E-state index contributed by atoms with van der Waals surface area (Å²) in [6.07, 6.45) is 7.81. The molecule has 0 radical (unpaired) electrons. The summed E-state index contributed by atoms with van der Waals surface area (Å²) in [7, 11) is 0. The summed E-state index contributed by atoms with van der Waals surface area (Å²) >= 11 is 6.30. The first kappa shape index (κ1) is 22.3. The molecule has 0 spiro atoms. The number of hydrogen-bond acceptors (Lipinski definition) is 4. The summed E-state index contributed by atoms with van der Waals surface area (Å²) in [4.78, 5) is 12.6. The average Bonchev–Trinajstić information content (AvgIpc) is 3.18. The number of fused-ring (bicyclic) bond motifs is 1. The molecule has 0 bridgehead atoms. The van der Waals surface area contributed by atoms with Crippen LogP contribution in [-0.2, 0) is 24.3 Å². The molecule has 32 heavy (non-hydrogen) atoms. The predicted octanol–water partition coefficient (Wildman–Crippen LogP) is 4.41. The molecule has 8 heteroatoms. The molecule has 0 saturated carbocycles. The molecule has 1 aliphatic rings. The van der Waals surface area contributed by atoms with Crippen LogP contribution in [0.25, 0.3) is 6.08 Å². The first-order valence-corrected chi connectivity index (χ1v) is 11.5. The van der Waals surface area contributed by atoms with E-state index in [4.69, 9.17) is 11.6 Å². The zero-order valence-corrected chi connectivity index (χ0v) is 19.6. The smallest absolute Gasteiger partial charge is 0.244 e. The van der Waals surface area contributed by atoms with E-state index in [-0.39, 0.29) is 11.9 Å². The van der Waals surface area contributed by atoms with Gasteiger partial charge in [0.05, 0.1) is 18.3 Å². The predicted molar refractivity (Wildman–Crippen MR) is 125 cm³/mol. The molecule has 168 valence electrons. The Labute approximate surface area is 193 Å². The van der Waals surface area contributed by atoms with Crippen LogP contribution in [0.4, 0.5) is 0 Å². The molecule has 2 aromatic heterocycles. The van der Waals surface area contributed by atoms with Gasteiger partial charge in [-0.1, -0.05) is 36.2 Å². The van der Waals surface area contributed by atoms with E-state index in [1.807, 2.05) is 55.8 Å². The van der Waals surface area contributed by atoms with Gasteiger partial charge in [0.25, 0.3) is 0 Å². The number of benzene rings is 1. The van der Waals surface area contributed by atoms with Crippen LogP contribution in [0.2, 0.25) is 5.02 Å². The Kier molecular flexibility index (Phi) is 6.74. The van der Waals surface area contributed by atoms with Gasteiger partial charge in [-0.15, -0.1) is 10.2 Å². The van der Waals surface area contributed by atoms with E-state index < -0.39 is 0 Å². The number of aryl methyl sites for hydroxylation is 2. The Hall–Kier alpha value is -2.93. The molecule has 3 heterocycles. The zero-order valence-electron chi connectivity index (χ0n) is 18.8. The highest BCUT2D eigenvalue weighted by molar-refractivity contribution is 6.31. The Bertz CT molecular complexity index is 1150. The van der Waals surface area contributed by atoms with Gasteiger partial charge >= 0.3 is 0 Å². The molecule has 0 fully saturated rings. The van der Waals surface area contributed by atoms with Crippen LogP contribution in [0.15, 0.2) is 30.3 Å². The molecular weight excluding hydrogens is 424 g/mol. The van der Waals surface area contributed by atoms with Crippen LogP contribution in [0.1, 0.15) is 66.4 Å². The minimum atomic E-state index is -0.211. The minimum Gasteiger partial charge on any atom is -0.343 e. The monoisotopic (exact) mass is 452 g/mol. The van der Waals surface area contributed by atoms with Gasteiger partial charge in [0.15, 0.2) is 5.82 Å². The van der Waals surface area contributed by atoms with Gasteiger partial charge < -0.3 is 9.88 Å². The Morgan fingerprint density at radius 2 is 2.03 bits per heavy atom. The van der Waals surface area contributed by atoms with Gasteiger partial charge in [-0.3, -0.25) is 9.48 Å². The number of halogens is 1. The van der Waals surface area contributed by atoms with Gasteiger partial charge in [-0.25, -0.2) is 0 Å². The molecule has 1 unspecified atom stereocenters. The lowest BCUT2D eigenvalue weighted by atomic mass is 10.1. The van der Waals surface area contributed by atoms with Crippen molar-refractivity contribution in [3.63, 3.8) is 0 Å². The second-order valence-electron chi connectivity index (χ2n) is 8.33. The van der Waals surface area contributed by atoms with Crippen molar-refractivity contribution in [1.29, 1.82) is 0 Å². The third-order valence-corrected chi connectivity index (χ3v) is 6.37. The number of rotatable bonds is 6. The molecule has 0 aliphatic carbocycles. The number of amides is 1. The highest BCUT2D eigenvalue weighted by Crippen LogP contribution is 2.21. The average molecular weight is 453 g/mol. The lowest BCUT2D eigenvalue weighted by molar-refractivity contribution is -0.117. The largest absolute Gasteiger partial charge is 0.343 e. The SMILES string of the molecule is Cc1nn(Cc2ccccc2Cl)c(C)c1C=CC(=O)NC(C)c1nnc2n1CCCCC2. The Morgan fingerprint density at radius 3 is 2.84 bits per heavy atom. The number of hydrogen-bond donors (Lipinski definition) is 1. The van der Waals surface area contributed by atoms with E-state index in [1.54, 1.807) is 6.08 Å². The summed E-state index contributed by atoms with van der Waals surface area (Å²) in [6.45, 7) is 7.40. The molecule has 1 amide bonds. The van der Waals surface area contributed by atoms with E-state index >= 15 is 0 Å². The maximum atomic E-state index is 12.6. The zero-order chi connectivity index (χ0) is 22.7. The number of aromatic nitrogens is 5. The molecule has 7 nitrogen and oxygen atoms in total. The van der Waals surface area contributed by atoms with Crippen molar-refractivity contribution in [3.8, 4) is 0 Å². The minimum absolute atomic E-state index is 0.166. The van der Waals surface area contributed by atoms with Crippen molar-refractivity contribution < 1.29 is 4.79 Å². The third-order valence-electron chi connectivity index (χ3n) is 6.00. The summed E-state index contributed by atoms with van der Waals surface area (Å²) in [5, 5.41) is 17.0. The van der Waals surface area contributed by atoms with Crippen LogP contribution in [0.5, 0.6) is 0 Å². The fraction of sp³-hybridized carbons (Fsp3) is 0.417. The van der Waals surface area contributed by atoms with E-state index in [0.717, 1.165) is 65.0 Å². The standard InChI is InChI=1S/C24H29ClN6O/c1-16-20(18(3)31(29-16)15-19-9-6-7-10-21(19)25)12-13-23(32)26-17(2)24-28-27-22-11-5-4-8-14-30(22)24/h6-7,9-10,12-13,17H,4-5,8,11,14-15H2,1-3H3,(H,26,32). The normalized spacial score (nSPS) is 14.9. The van der Waals surface area contributed by atoms with Gasteiger partial charge in [-0.2, -0.15) is 5.10 Å². The van der Waals surface area contributed by atoms with Crippen molar-refractivity contribution in [2.75, 3.05) is 0 Å². The molecule has 1 aliphatic heterocycles. The molecule has 0 saturated heterocycles. The molecular formula is C24H29ClN6O. The lowest BCUT2D eigenvalue weighted by Crippen LogP contribution is -2.27. The Balaban J connectivity index is 1.44. The second-order valence-corrected chi connectivity index (χ2v) is 8.74. The number of nitrogens with one attached hydrogen (secondary N) is 1. The number of nitrogens with zero attached hydrogens (tertiary/aromatic N) is 5. The maximum Gasteiger partial charge on any atom is 0.244 e. The maximum absolute atomic E-state index is 12.6. The van der Waals surface area contributed by atoms with Crippen LogP contribution in [0.3, 0.4) is 0 Å². The van der Waals surface area contributed by atoms with Crippen LogP contribution >= 0.6 is 11.6 Å². The second kappa shape index (κ2) is 9.69. The van der Waals surface area contributed by atoms with Crippen molar-refractivity contribution in [1.82, 2.24) is 29.9 Å². The lowest BCUT2D eigenvalue weighted by Gasteiger charge is -2.14. The molecule has 4 rings (SSSR count). The van der Waals surface area contributed by atoms with Crippen molar-refractivity contribution in [3.05, 3.63) is 69.5 Å². The van der Waals surface area contributed by atoms with E-state index in [2.05, 4.69) is 25.2 Å². The van der Waals surface area contributed by atoms with E-state index in [1.165, 1.54) is 6.42 Å². The number of carbonyl (C=O) groups excluding carboxylic acids is 1. The topological polar surface area (TPSA) is 77.6 Å². The van der Waals surface area contributed by atoms with Gasteiger partial charge in [-0.05, 0) is 51.3 Å². The Morgan fingerprint density at radius 1 is 1.22 bits per heavy atom. The van der Waals surface area contributed by atoms with Crippen LogP contribution in [-0.4, -0.2) is 30.5 Å². The van der Waals surface area contributed by atoms with Crippen LogP contribution in [0, 0.1) is 13.8 Å². The third kappa shape index (κ3) is 4.78. The van der Waals surface area contributed by atoms with Gasteiger partial charge in [0.1, 0.15) is 5.82 Å². The van der Waals surface area contributed by atoms with Crippen LogP contribution < -0.4 is 5.32 Å². The highest BCUT2D eigenvalue weighted by atomic mass is 35.5. The fourth-order valence-corrected chi connectivity index (χ4v) is 4.40. The summed E-state index contributed by atoms with van der Waals surface area (Å²) < 4.78 is 4.08. The first-order valence-electron chi connectivity index (χ1n) is 11.1. The van der Waals surface area contributed by atoms with E-state index in [9.17, 15) is 4.79 Å². The highest BCUT2D eigenvalue weighted by Gasteiger charge is 2.20. The quantitative estimate of drug-likeness (QED) is 0.562. The summed E-state index contributed by atoms with van der Waals surface area (Å²) in [5.41, 5.74) is 3.81. The van der Waals surface area contributed by atoms with E-state index in [0.29, 0.717) is 6.54 Å². The molecule has 3 aromatic rings. The molecule has 1 N–H and O–H groups in total.